The Morgan fingerprint density at radius 2 is 1.96 bits per heavy atom. The van der Waals surface area contributed by atoms with Gasteiger partial charge < -0.3 is 15.1 Å². The zero-order valence-corrected chi connectivity index (χ0v) is 15.9. The smallest absolute Gasteiger partial charge is 0.324 e. The second-order valence-electron chi connectivity index (χ2n) is 7.67. The van der Waals surface area contributed by atoms with Gasteiger partial charge in [0.2, 0.25) is 0 Å². The number of carbonyl (C=O) groups is 3. The lowest BCUT2D eigenvalue weighted by atomic mass is 9.98. The average Bonchev–Trinajstić information content (AvgIpc) is 3.22. The van der Waals surface area contributed by atoms with Crippen LogP contribution in [0.25, 0.3) is 0 Å². The maximum absolute atomic E-state index is 12.0. The Morgan fingerprint density at radius 3 is 2.67 bits per heavy atom. The van der Waals surface area contributed by atoms with Gasteiger partial charge in [0, 0.05) is 13.0 Å². The maximum Gasteiger partial charge on any atom is 0.324 e. The summed E-state index contributed by atoms with van der Waals surface area (Å²) in [4.78, 5) is 36.0. The Labute approximate surface area is 160 Å². The number of allylic oxidation sites excluding steroid dienone is 1. The van der Waals surface area contributed by atoms with E-state index in [1.54, 1.807) is 0 Å². The van der Waals surface area contributed by atoms with Gasteiger partial charge in [-0.25, -0.2) is 4.79 Å². The first-order chi connectivity index (χ1) is 13.0. The normalized spacial score (nSPS) is 22.0. The quantitative estimate of drug-likeness (QED) is 0.274. The number of aliphatic carboxylic acids is 1. The summed E-state index contributed by atoms with van der Waals surface area (Å²) in [5.41, 5.74) is 0. The van der Waals surface area contributed by atoms with Crippen molar-refractivity contribution in [1.82, 2.24) is 10.2 Å². The molecule has 1 aliphatic carbocycles. The van der Waals surface area contributed by atoms with Crippen molar-refractivity contribution < 1.29 is 24.6 Å². The van der Waals surface area contributed by atoms with Gasteiger partial charge in [0.15, 0.2) is 0 Å². The van der Waals surface area contributed by atoms with Crippen LogP contribution < -0.4 is 5.32 Å². The lowest BCUT2D eigenvalue weighted by molar-refractivity contribution is -0.137. The van der Waals surface area contributed by atoms with Crippen LogP contribution in [0.4, 0.5) is 4.79 Å². The molecule has 0 aromatic rings. The lowest BCUT2D eigenvalue weighted by Gasteiger charge is -2.22. The topological polar surface area (TPSA) is 107 Å². The van der Waals surface area contributed by atoms with E-state index in [-0.39, 0.29) is 12.3 Å². The standard InChI is InChI=1S/C20H32N2O5/c23-16(12-11-15-7-5-6-8-15)13-14-22-17(19(26)21-20(22)27)9-3-1-2-4-10-18(24)25/h1,3,15-17,23H,2,4-14H2,(H,24,25)(H,21,26,27)/b3-1-. The van der Waals surface area contributed by atoms with Crippen molar-refractivity contribution in [3.63, 3.8) is 0 Å². The Kier molecular flexibility index (Phi) is 8.78. The molecule has 152 valence electrons. The minimum Gasteiger partial charge on any atom is -0.481 e. The molecule has 7 heteroatoms. The predicted octanol–water partition coefficient (Wildman–Crippen LogP) is 2.83. The number of unbranched alkanes of at least 4 members (excludes halogenated alkanes) is 1. The molecule has 2 atom stereocenters. The summed E-state index contributed by atoms with van der Waals surface area (Å²) < 4.78 is 0. The van der Waals surface area contributed by atoms with Crippen molar-refractivity contribution in [2.75, 3.05) is 6.54 Å². The number of urea groups is 1. The molecule has 3 amide bonds. The van der Waals surface area contributed by atoms with Gasteiger partial charge in [0.05, 0.1) is 6.10 Å². The van der Waals surface area contributed by atoms with E-state index in [9.17, 15) is 19.5 Å². The fraction of sp³-hybridized carbons (Fsp3) is 0.750. The number of hydrogen-bond donors (Lipinski definition) is 3. The van der Waals surface area contributed by atoms with E-state index in [1.807, 2.05) is 12.2 Å². The highest BCUT2D eigenvalue weighted by atomic mass is 16.4. The number of carboxylic acids is 1. The highest BCUT2D eigenvalue weighted by Gasteiger charge is 2.37. The molecule has 1 saturated carbocycles. The maximum atomic E-state index is 12.0. The van der Waals surface area contributed by atoms with Crippen LogP contribution in [0, 0.1) is 5.92 Å². The van der Waals surface area contributed by atoms with Gasteiger partial charge in [0.1, 0.15) is 6.04 Å². The van der Waals surface area contributed by atoms with Crippen LogP contribution in [0.5, 0.6) is 0 Å². The number of nitrogens with one attached hydrogen (secondary N) is 1. The third-order valence-electron chi connectivity index (χ3n) is 5.54. The predicted molar refractivity (Wildman–Crippen MR) is 101 cm³/mol. The van der Waals surface area contributed by atoms with Crippen LogP contribution in [0.2, 0.25) is 0 Å². The summed E-state index contributed by atoms with van der Waals surface area (Å²) in [6.07, 6.45) is 12.3. The Hall–Kier alpha value is -1.89. The first kappa shape index (κ1) is 21.4. The van der Waals surface area contributed by atoms with E-state index in [0.29, 0.717) is 32.2 Å². The largest absolute Gasteiger partial charge is 0.481 e. The van der Waals surface area contributed by atoms with E-state index in [4.69, 9.17) is 5.11 Å². The number of aliphatic hydroxyl groups excluding tert-OH is 1. The number of amides is 3. The van der Waals surface area contributed by atoms with Gasteiger partial charge in [-0.05, 0) is 44.4 Å². The van der Waals surface area contributed by atoms with Crippen LogP contribution in [-0.2, 0) is 9.59 Å². The molecule has 0 radical (unpaired) electrons. The van der Waals surface area contributed by atoms with Gasteiger partial charge in [-0.3, -0.25) is 14.9 Å². The summed E-state index contributed by atoms with van der Waals surface area (Å²) >= 11 is 0. The van der Waals surface area contributed by atoms with E-state index >= 15 is 0 Å². The molecule has 2 aliphatic rings. The number of carbonyl (C=O) groups excluding carboxylic acids is 2. The molecular formula is C20H32N2O5. The summed E-state index contributed by atoms with van der Waals surface area (Å²) in [5, 5.41) is 21.2. The highest BCUT2D eigenvalue weighted by molar-refractivity contribution is 6.04. The fourth-order valence-corrected chi connectivity index (χ4v) is 3.91. The summed E-state index contributed by atoms with van der Waals surface area (Å²) in [7, 11) is 0. The third-order valence-corrected chi connectivity index (χ3v) is 5.54. The highest BCUT2D eigenvalue weighted by Crippen LogP contribution is 2.29. The van der Waals surface area contributed by atoms with Crippen LogP contribution in [0.1, 0.15) is 70.6 Å². The summed E-state index contributed by atoms with van der Waals surface area (Å²) in [5.74, 6) is -0.396. The summed E-state index contributed by atoms with van der Waals surface area (Å²) in [6.45, 7) is 0.362. The molecule has 0 spiro atoms. The zero-order valence-electron chi connectivity index (χ0n) is 15.9. The van der Waals surface area contributed by atoms with E-state index in [2.05, 4.69) is 5.32 Å². The Morgan fingerprint density at radius 1 is 1.22 bits per heavy atom. The van der Waals surface area contributed by atoms with Crippen molar-refractivity contribution >= 4 is 17.9 Å². The van der Waals surface area contributed by atoms with Crippen LogP contribution >= 0.6 is 0 Å². The van der Waals surface area contributed by atoms with E-state index < -0.39 is 24.1 Å². The Balaban J connectivity index is 1.71. The first-order valence-electron chi connectivity index (χ1n) is 10.1. The number of nitrogens with zero attached hydrogens (tertiary/aromatic N) is 1. The lowest BCUT2D eigenvalue weighted by Crippen LogP contribution is -2.37. The molecule has 1 saturated heterocycles. The van der Waals surface area contributed by atoms with Crippen molar-refractivity contribution in [3.05, 3.63) is 12.2 Å². The molecule has 27 heavy (non-hydrogen) atoms. The second-order valence-corrected chi connectivity index (χ2v) is 7.67. The van der Waals surface area contributed by atoms with Crippen LogP contribution in [-0.4, -0.2) is 51.7 Å². The molecule has 2 unspecified atom stereocenters. The number of aliphatic hydroxyl groups is 1. The molecule has 1 heterocycles. The van der Waals surface area contributed by atoms with E-state index in [1.165, 1.54) is 30.6 Å². The fourth-order valence-electron chi connectivity index (χ4n) is 3.91. The Bertz CT molecular complexity index is 542. The minimum atomic E-state index is -0.818. The molecule has 1 aliphatic heterocycles. The minimum absolute atomic E-state index is 0.123. The number of carboxylic acid groups (broad SMARTS) is 1. The molecule has 0 aromatic carbocycles. The van der Waals surface area contributed by atoms with Gasteiger partial charge in [0.25, 0.3) is 5.91 Å². The second kappa shape index (κ2) is 11.1. The van der Waals surface area contributed by atoms with Crippen LogP contribution in [0.15, 0.2) is 12.2 Å². The molecule has 2 fully saturated rings. The number of imide groups is 1. The zero-order chi connectivity index (χ0) is 19.6. The van der Waals surface area contributed by atoms with Gasteiger partial charge in [-0.1, -0.05) is 37.8 Å². The van der Waals surface area contributed by atoms with E-state index in [0.717, 1.165) is 18.8 Å². The SMILES string of the molecule is O=C(O)CCC/C=C\CC1C(=O)NC(=O)N1CCC(O)CCC1CCCC1. The molecule has 0 aromatic heterocycles. The van der Waals surface area contributed by atoms with Gasteiger partial charge >= 0.3 is 12.0 Å². The molecule has 3 N–H and O–H groups in total. The monoisotopic (exact) mass is 380 g/mol. The number of hydrogen-bond acceptors (Lipinski definition) is 4. The molecule has 7 nitrogen and oxygen atoms in total. The average molecular weight is 380 g/mol. The van der Waals surface area contributed by atoms with Gasteiger partial charge in [-0.15, -0.1) is 0 Å². The van der Waals surface area contributed by atoms with Crippen molar-refractivity contribution in [1.29, 1.82) is 0 Å². The van der Waals surface area contributed by atoms with Crippen molar-refractivity contribution in [3.8, 4) is 0 Å². The number of rotatable bonds is 12. The molecular weight excluding hydrogens is 348 g/mol. The van der Waals surface area contributed by atoms with Crippen LogP contribution in [0.3, 0.4) is 0 Å². The molecule has 2 rings (SSSR count). The van der Waals surface area contributed by atoms with Gasteiger partial charge in [-0.2, -0.15) is 0 Å². The molecule has 0 bridgehead atoms. The third kappa shape index (κ3) is 7.33. The summed E-state index contributed by atoms with van der Waals surface area (Å²) in [6, 6.07) is -0.942. The van der Waals surface area contributed by atoms with Crippen molar-refractivity contribution in [2.24, 2.45) is 5.92 Å². The first-order valence-corrected chi connectivity index (χ1v) is 10.1. The van der Waals surface area contributed by atoms with Crippen molar-refractivity contribution in [2.45, 2.75) is 82.8 Å².